The molecule has 0 saturated carbocycles. The predicted octanol–water partition coefficient (Wildman–Crippen LogP) is 2.88. The SMILES string of the molecule is C[C@H](Oc1cccc(Cl)c1)C(=O)O/N=C(/N)c1cccc([N+](=O)[O-])c1. The summed E-state index contributed by atoms with van der Waals surface area (Å²) in [6.45, 7) is 1.47. The molecular weight excluding hydrogens is 350 g/mol. The van der Waals surface area contributed by atoms with Gasteiger partial charge in [-0.15, -0.1) is 0 Å². The van der Waals surface area contributed by atoms with Crippen molar-refractivity contribution in [1.82, 2.24) is 0 Å². The van der Waals surface area contributed by atoms with Crippen LogP contribution in [0, 0.1) is 10.1 Å². The highest BCUT2D eigenvalue weighted by Gasteiger charge is 2.17. The van der Waals surface area contributed by atoms with Gasteiger partial charge in [0.25, 0.3) is 5.69 Å². The van der Waals surface area contributed by atoms with Gasteiger partial charge in [-0.2, -0.15) is 0 Å². The van der Waals surface area contributed by atoms with Crippen molar-refractivity contribution in [3.63, 3.8) is 0 Å². The van der Waals surface area contributed by atoms with Gasteiger partial charge < -0.3 is 15.3 Å². The lowest BCUT2D eigenvalue weighted by molar-refractivity contribution is -0.384. The number of carbonyl (C=O) groups is 1. The van der Waals surface area contributed by atoms with Gasteiger partial charge >= 0.3 is 5.97 Å². The Balaban J connectivity index is 2.00. The Hall–Kier alpha value is -3.13. The quantitative estimate of drug-likeness (QED) is 0.277. The molecule has 0 bridgehead atoms. The number of halogens is 1. The number of nitrogens with two attached hydrogens (primary N) is 1. The van der Waals surface area contributed by atoms with Gasteiger partial charge in [0.2, 0.25) is 0 Å². The number of oxime groups is 1. The highest BCUT2D eigenvalue weighted by Crippen LogP contribution is 2.18. The topological polar surface area (TPSA) is 117 Å². The first kappa shape index (κ1) is 18.2. The fraction of sp³-hybridized carbons (Fsp3) is 0.125. The van der Waals surface area contributed by atoms with Crippen LogP contribution in [0.25, 0.3) is 0 Å². The lowest BCUT2D eigenvalue weighted by Gasteiger charge is -2.12. The molecule has 9 heteroatoms. The summed E-state index contributed by atoms with van der Waals surface area (Å²) in [6, 6.07) is 12.0. The fourth-order valence-electron chi connectivity index (χ4n) is 1.79. The van der Waals surface area contributed by atoms with Crippen LogP contribution in [0.4, 0.5) is 5.69 Å². The number of nitro groups is 1. The van der Waals surface area contributed by atoms with E-state index >= 15 is 0 Å². The van der Waals surface area contributed by atoms with Crippen molar-refractivity contribution >= 4 is 29.1 Å². The van der Waals surface area contributed by atoms with E-state index in [9.17, 15) is 14.9 Å². The summed E-state index contributed by atoms with van der Waals surface area (Å²) in [4.78, 5) is 26.8. The van der Waals surface area contributed by atoms with Crippen molar-refractivity contribution in [3.8, 4) is 5.75 Å². The van der Waals surface area contributed by atoms with Crippen molar-refractivity contribution in [2.45, 2.75) is 13.0 Å². The molecule has 2 aromatic rings. The third-order valence-corrected chi connectivity index (χ3v) is 3.26. The van der Waals surface area contributed by atoms with E-state index in [2.05, 4.69) is 5.16 Å². The second kappa shape index (κ2) is 8.11. The molecule has 0 radical (unpaired) electrons. The highest BCUT2D eigenvalue weighted by atomic mass is 35.5. The number of rotatable bonds is 6. The zero-order chi connectivity index (χ0) is 18.4. The zero-order valence-electron chi connectivity index (χ0n) is 13.1. The molecular formula is C16H14ClN3O5. The first-order chi connectivity index (χ1) is 11.9. The van der Waals surface area contributed by atoms with Crippen molar-refractivity contribution in [1.29, 1.82) is 0 Å². The van der Waals surface area contributed by atoms with E-state index in [0.29, 0.717) is 10.8 Å². The van der Waals surface area contributed by atoms with E-state index in [1.165, 1.54) is 31.2 Å². The first-order valence-corrected chi connectivity index (χ1v) is 7.46. The van der Waals surface area contributed by atoms with Crippen LogP contribution in [-0.2, 0) is 9.63 Å². The van der Waals surface area contributed by atoms with Crippen LogP contribution in [-0.4, -0.2) is 22.8 Å². The van der Waals surface area contributed by atoms with Crippen LogP contribution < -0.4 is 10.5 Å². The average molecular weight is 364 g/mol. The number of benzene rings is 2. The Bertz CT molecular complexity index is 825. The number of hydrogen-bond donors (Lipinski definition) is 1. The number of ether oxygens (including phenoxy) is 1. The third-order valence-electron chi connectivity index (χ3n) is 3.03. The molecule has 2 N–H and O–H groups in total. The predicted molar refractivity (Wildman–Crippen MR) is 91.5 cm³/mol. The standard InChI is InChI=1S/C16H14ClN3O5/c1-10(24-14-7-3-5-12(17)9-14)16(21)25-19-15(18)11-4-2-6-13(8-11)20(22)23/h2-10H,1H3,(H2,18,19)/t10-/m0/s1. The second-order valence-corrected chi connectivity index (χ2v) is 5.35. The van der Waals surface area contributed by atoms with Crippen LogP contribution in [0.15, 0.2) is 53.7 Å². The molecule has 0 fully saturated rings. The lowest BCUT2D eigenvalue weighted by Crippen LogP contribution is -2.26. The molecule has 0 spiro atoms. The summed E-state index contributed by atoms with van der Waals surface area (Å²) in [5, 5.41) is 14.7. The summed E-state index contributed by atoms with van der Waals surface area (Å²) in [6.07, 6.45) is -0.958. The summed E-state index contributed by atoms with van der Waals surface area (Å²) in [5.74, 6) is -0.562. The summed E-state index contributed by atoms with van der Waals surface area (Å²) < 4.78 is 5.39. The lowest BCUT2D eigenvalue weighted by atomic mass is 10.2. The molecule has 0 aliphatic heterocycles. The first-order valence-electron chi connectivity index (χ1n) is 7.08. The van der Waals surface area contributed by atoms with Crippen molar-refractivity contribution in [2.24, 2.45) is 10.9 Å². The van der Waals surface area contributed by atoms with Crippen LogP contribution >= 0.6 is 11.6 Å². The number of carbonyl (C=O) groups excluding carboxylic acids is 1. The Morgan fingerprint density at radius 2 is 2.00 bits per heavy atom. The van der Waals surface area contributed by atoms with Gasteiger partial charge in [0, 0.05) is 22.7 Å². The summed E-state index contributed by atoms with van der Waals surface area (Å²) in [5.41, 5.74) is 5.78. The third kappa shape index (κ3) is 5.18. The zero-order valence-corrected chi connectivity index (χ0v) is 13.8. The van der Waals surface area contributed by atoms with Gasteiger partial charge in [-0.1, -0.05) is 35.0 Å². The van der Waals surface area contributed by atoms with E-state index in [0.717, 1.165) is 0 Å². The number of amidine groups is 1. The Kier molecular flexibility index (Phi) is 5.91. The molecule has 0 saturated heterocycles. The molecule has 0 heterocycles. The number of hydrogen-bond acceptors (Lipinski definition) is 6. The second-order valence-electron chi connectivity index (χ2n) is 4.91. The molecule has 0 aliphatic rings. The van der Waals surface area contributed by atoms with E-state index in [-0.39, 0.29) is 17.1 Å². The van der Waals surface area contributed by atoms with E-state index in [4.69, 9.17) is 26.9 Å². The van der Waals surface area contributed by atoms with E-state index < -0.39 is 17.0 Å². The summed E-state index contributed by atoms with van der Waals surface area (Å²) in [7, 11) is 0. The van der Waals surface area contributed by atoms with Crippen LogP contribution in [0.5, 0.6) is 5.75 Å². The molecule has 0 aromatic heterocycles. The molecule has 130 valence electrons. The van der Waals surface area contributed by atoms with Crippen LogP contribution in [0.1, 0.15) is 12.5 Å². The minimum atomic E-state index is -0.958. The maximum atomic E-state index is 11.9. The van der Waals surface area contributed by atoms with Gasteiger partial charge in [-0.25, -0.2) is 4.79 Å². The Morgan fingerprint density at radius 3 is 2.68 bits per heavy atom. The van der Waals surface area contributed by atoms with Crippen LogP contribution in [0.2, 0.25) is 5.02 Å². The number of nitrogens with zero attached hydrogens (tertiary/aromatic N) is 2. The van der Waals surface area contributed by atoms with Gasteiger partial charge in [-0.3, -0.25) is 10.1 Å². The molecule has 8 nitrogen and oxygen atoms in total. The van der Waals surface area contributed by atoms with Crippen molar-refractivity contribution in [2.75, 3.05) is 0 Å². The largest absolute Gasteiger partial charge is 0.479 e. The van der Waals surface area contributed by atoms with Crippen molar-refractivity contribution in [3.05, 3.63) is 69.2 Å². The smallest absolute Gasteiger partial charge is 0.374 e. The van der Waals surface area contributed by atoms with Crippen molar-refractivity contribution < 1.29 is 19.3 Å². The maximum Gasteiger partial charge on any atom is 0.374 e. The monoisotopic (exact) mass is 363 g/mol. The fourth-order valence-corrected chi connectivity index (χ4v) is 1.97. The van der Waals surface area contributed by atoms with Gasteiger partial charge in [0.15, 0.2) is 11.9 Å². The van der Waals surface area contributed by atoms with Gasteiger partial charge in [0.1, 0.15) is 5.75 Å². The minimum absolute atomic E-state index is 0.153. The molecule has 25 heavy (non-hydrogen) atoms. The Morgan fingerprint density at radius 1 is 1.28 bits per heavy atom. The molecule has 1 atom stereocenters. The van der Waals surface area contributed by atoms with E-state index in [1.54, 1.807) is 24.3 Å². The van der Waals surface area contributed by atoms with Gasteiger partial charge in [0.05, 0.1) is 4.92 Å². The molecule has 0 amide bonds. The van der Waals surface area contributed by atoms with Gasteiger partial charge in [-0.05, 0) is 25.1 Å². The van der Waals surface area contributed by atoms with E-state index in [1.807, 2.05) is 0 Å². The normalized spacial score (nSPS) is 12.3. The minimum Gasteiger partial charge on any atom is -0.479 e. The van der Waals surface area contributed by atoms with Crippen LogP contribution in [0.3, 0.4) is 0 Å². The summed E-state index contributed by atoms with van der Waals surface area (Å²) >= 11 is 5.83. The highest BCUT2D eigenvalue weighted by molar-refractivity contribution is 6.30. The maximum absolute atomic E-state index is 11.9. The number of non-ortho nitro benzene ring substituents is 1. The molecule has 0 unspecified atom stereocenters. The molecule has 0 aliphatic carbocycles. The molecule has 2 rings (SSSR count). The number of nitro benzene ring substituents is 1. The molecule has 2 aromatic carbocycles. The Labute approximate surface area is 147 Å². The average Bonchev–Trinajstić information content (AvgIpc) is 2.59.